The van der Waals surface area contributed by atoms with Gasteiger partial charge in [0.15, 0.2) is 0 Å². The molecule has 6 heteroatoms. The minimum Gasteiger partial charge on any atom is -0.325 e. The highest BCUT2D eigenvalue weighted by Crippen LogP contribution is 2.25. The fraction of sp³-hybridized carbons (Fsp3) is 0.312. The summed E-state index contributed by atoms with van der Waals surface area (Å²) in [6.07, 6.45) is 0.889. The molecular weight excluding hydrogens is 294 g/mol. The van der Waals surface area contributed by atoms with Crippen molar-refractivity contribution in [1.29, 1.82) is 0 Å². The Labute approximate surface area is 133 Å². The third-order valence-corrected chi connectivity index (χ3v) is 4.20. The lowest BCUT2D eigenvalue weighted by Crippen LogP contribution is -2.09. The zero-order valence-corrected chi connectivity index (χ0v) is 13.5. The van der Waals surface area contributed by atoms with E-state index in [4.69, 9.17) is 10.7 Å². The second-order valence-corrected chi connectivity index (χ2v) is 6.41. The summed E-state index contributed by atoms with van der Waals surface area (Å²) in [5.41, 5.74) is 9.76. The van der Waals surface area contributed by atoms with Crippen molar-refractivity contribution in [2.45, 2.75) is 26.8 Å². The van der Waals surface area contributed by atoms with Gasteiger partial charge < -0.3 is 5.73 Å². The lowest BCUT2D eigenvalue weighted by molar-refractivity contribution is 0.610. The normalized spacial score (nSPS) is 11.3. The maximum atomic E-state index is 5.78. The highest BCUT2D eigenvalue weighted by Gasteiger charge is 2.17. The molecule has 0 unspecified atom stereocenters. The molecule has 114 valence electrons. The monoisotopic (exact) mass is 313 g/mol. The summed E-state index contributed by atoms with van der Waals surface area (Å²) in [7, 11) is 0. The number of hydrogen-bond acceptors (Lipinski definition) is 5. The van der Waals surface area contributed by atoms with Crippen molar-refractivity contribution in [3.63, 3.8) is 0 Å². The van der Waals surface area contributed by atoms with E-state index in [1.807, 2.05) is 28.3 Å². The van der Waals surface area contributed by atoms with E-state index in [9.17, 15) is 0 Å². The zero-order valence-electron chi connectivity index (χ0n) is 12.7. The van der Waals surface area contributed by atoms with Gasteiger partial charge in [0.05, 0.1) is 17.1 Å². The fourth-order valence-corrected chi connectivity index (χ4v) is 3.14. The summed E-state index contributed by atoms with van der Waals surface area (Å²) in [5.74, 6) is 0.510. The number of benzene rings is 1. The number of aromatic nitrogens is 4. The molecule has 0 fully saturated rings. The standard InChI is InChI=1S/C16H19N5S/c1-11(2)8-15-13(9-17)19-20-21(15)16-18-14(10-22-16)12-6-4-3-5-7-12/h3-7,10-11H,8-9,17H2,1-2H3. The van der Waals surface area contributed by atoms with E-state index in [2.05, 4.69) is 36.3 Å². The van der Waals surface area contributed by atoms with E-state index in [0.29, 0.717) is 12.5 Å². The summed E-state index contributed by atoms with van der Waals surface area (Å²) >= 11 is 1.57. The molecule has 0 aliphatic carbocycles. The molecule has 22 heavy (non-hydrogen) atoms. The van der Waals surface area contributed by atoms with Crippen LogP contribution in [0.25, 0.3) is 16.4 Å². The SMILES string of the molecule is CC(C)Cc1c(CN)nnn1-c1nc(-c2ccccc2)cs1. The molecule has 0 aliphatic heterocycles. The molecular formula is C16H19N5S. The molecule has 0 radical (unpaired) electrons. The van der Waals surface area contributed by atoms with Crippen molar-refractivity contribution in [2.24, 2.45) is 11.7 Å². The van der Waals surface area contributed by atoms with Gasteiger partial charge >= 0.3 is 0 Å². The van der Waals surface area contributed by atoms with Gasteiger partial charge in [-0.25, -0.2) is 4.98 Å². The van der Waals surface area contributed by atoms with Crippen molar-refractivity contribution in [3.05, 3.63) is 47.1 Å². The molecule has 3 aromatic rings. The van der Waals surface area contributed by atoms with Crippen LogP contribution in [0.1, 0.15) is 25.2 Å². The Morgan fingerprint density at radius 1 is 1.23 bits per heavy atom. The third-order valence-electron chi connectivity index (χ3n) is 3.38. The minimum atomic E-state index is 0.402. The van der Waals surface area contributed by atoms with Crippen LogP contribution < -0.4 is 5.73 Å². The maximum absolute atomic E-state index is 5.78. The van der Waals surface area contributed by atoms with E-state index >= 15 is 0 Å². The average Bonchev–Trinajstić information content (AvgIpc) is 3.14. The molecule has 0 aliphatic rings. The molecule has 2 heterocycles. The molecule has 2 N–H and O–H groups in total. The average molecular weight is 313 g/mol. The predicted octanol–water partition coefficient (Wildman–Crippen LogP) is 3.05. The van der Waals surface area contributed by atoms with Crippen LogP contribution in [0.15, 0.2) is 35.7 Å². The molecule has 2 aromatic heterocycles. The van der Waals surface area contributed by atoms with Crippen LogP contribution in [0.4, 0.5) is 0 Å². The molecule has 1 aromatic carbocycles. The van der Waals surface area contributed by atoms with E-state index < -0.39 is 0 Å². The number of nitrogens with zero attached hydrogens (tertiary/aromatic N) is 4. The van der Waals surface area contributed by atoms with Crippen molar-refractivity contribution in [1.82, 2.24) is 20.0 Å². The Bertz CT molecular complexity index is 745. The van der Waals surface area contributed by atoms with Gasteiger partial charge in [-0.1, -0.05) is 49.4 Å². The molecule has 0 saturated carbocycles. The number of rotatable bonds is 5. The lowest BCUT2D eigenvalue weighted by atomic mass is 10.1. The van der Waals surface area contributed by atoms with Crippen LogP contribution in [0.2, 0.25) is 0 Å². The molecule has 0 spiro atoms. The van der Waals surface area contributed by atoms with Gasteiger partial charge in [0.25, 0.3) is 0 Å². The largest absolute Gasteiger partial charge is 0.325 e. The van der Waals surface area contributed by atoms with Gasteiger partial charge in [0, 0.05) is 17.5 Å². The van der Waals surface area contributed by atoms with Gasteiger partial charge in [-0.05, 0) is 12.3 Å². The third kappa shape index (κ3) is 2.93. The maximum Gasteiger partial charge on any atom is 0.212 e. The second kappa shape index (κ2) is 6.37. The van der Waals surface area contributed by atoms with E-state index in [1.54, 1.807) is 11.3 Å². The van der Waals surface area contributed by atoms with E-state index in [1.165, 1.54) is 0 Å². The number of thiazole rings is 1. The van der Waals surface area contributed by atoms with Gasteiger partial charge in [-0.2, -0.15) is 4.68 Å². The zero-order chi connectivity index (χ0) is 15.5. The molecule has 0 atom stereocenters. The highest BCUT2D eigenvalue weighted by atomic mass is 32.1. The summed E-state index contributed by atoms with van der Waals surface area (Å²) in [6, 6.07) is 10.1. The minimum absolute atomic E-state index is 0.402. The van der Waals surface area contributed by atoms with Crippen LogP contribution in [-0.4, -0.2) is 20.0 Å². The molecule has 0 saturated heterocycles. The Balaban J connectivity index is 1.98. The van der Waals surface area contributed by atoms with Crippen molar-refractivity contribution in [3.8, 4) is 16.4 Å². The number of nitrogens with two attached hydrogens (primary N) is 1. The first-order valence-electron chi connectivity index (χ1n) is 7.34. The van der Waals surface area contributed by atoms with Crippen LogP contribution in [-0.2, 0) is 13.0 Å². The summed E-state index contributed by atoms with van der Waals surface area (Å²) in [5, 5.41) is 11.3. The number of hydrogen-bond donors (Lipinski definition) is 1. The Hall–Kier alpha value is -2.05. The van der Waals surface area contributed by atoms with Crippen LogP contribution in [0.5, 0.6) is 0 Å². The van der Waals surface area contributed by atoms with Crippen molar-refractivity contribution < 1.29 is 0 Å². The fourth-order valence-electron chi connectivity index (χ4n) is 2.34. The molecule has 0 amide bonds. The van der Waals surface area contributed by atoms with E-state index in [0.717, 1.165) is 34.2 Å². The second-order valence-electron chi connectivity index (χ2n) is 5.58. The summed E-state index contributed by atoms with van der Waals surface area (Å²) in [6.45, 7) is 4.75. The first kappa shape index (κ1) is 14.9. The highest BCUT2D eigenvalue weighted by molar-refractivity contribution is 7.12. The van der Waals surface area contributed by atoms with Gasteiger partial charge in [0.2, 0.25) is 5.13 Å². The molecule has 0 bridgehead atoms. The summed E-state index contributed by atoms with van der Waals surface area (Å²) in [4.78, 5) is 4.70. The van der Waals surface area contributed by atoms with Crippen molar-refractivity contribution >= 4 is 11.3 Å². The van der Waals surface area contributed by atoms with Crippen LogP contribution in [0.3, 0.4) is 0 Å². The van der Waals surface area contributed by atoms with E-state index in [-0.39, 0.29) is 0 Å². The summed E-state index contributed by atoms with van der Waals surface area (Å²) < 4.78 is 1.83. The van der Waals surface area contributed by atoms with Crippen LogP contribution in [0, 0.1) is 5.92 Å². The van der Waals surface area contributed by atoms with Gasteiger partial charge in [-0.15, -0.1) is 16.4 Å². The van der Waals surface area contributed by atoms with Gasteiger partial charge in [-0.3, -0.25) is 0 Å². The molecule has 3 rings (SSSR count). The Kier molecular flexibility index (Phi) is 4.31. The first-order chi connectivity index (χ1) is 10.7. The first-order valence-corrected chi connectivity index (χ1v) is 8.22. The van der Waals surface area contributed by atoms with Crippen molar-refractivity contribution in [2.75, 3.05) is 0 Å². The Morgan fingerprint density at radius 3 is 2.68 bits per heavy atom. The predicted molar refractivity (Wildman–Crippen MR) is 88.9 cm³/mol. The van der Waals surface area contributed by atoms with Crippen LogP contribution >= 0.6 is 11.3 Å². The molecule has 5 nitrogen and oxygen atoms in total. The quantitative estimate of drug-likeness (QED) is 0.786. The van der Waals surface area contributed by atoms with Gasteiger partial charge in [0.1, 0.15) is 0 Å². The topological polar surface area (TPSA) is 69.6 Å². The Morgan fingerprint density at radius 2 is 2.00 bits per heavy atom. The lowest BCUT2D eigenvalue weighted by Gasteiger charge is -2.07. The smallest absolute Gasteiger partial charge is 0.212 e.